The number of carboxylic acids is 1. The molecule has 0 aromatic heterocycles. The molecule has 114 valence electrons. The van der Waals surface area contributed by atoms with Crippen molar-refractivity contribution >= 4 is 11.9 Å². The van der Waals surface area contributed by atoms with Gasteiger partial charge in [-0.25, -0.2) is 0 Å². The molecule has 1 aromatic rings. The number of aliphatic carboxylic acids is 1. The first-order valence-electron chi connectivity index (χ1n) is 7.51. The molecule has 4 nitrogen and oxygen atoms in total. The summed E-state index contributed by atoms with van der Waals surface area (Å²) in [5.41, 5.74) is 0.594. The number of carbonyl (C=O) groups is 2. The van der Waals surface area contributed by atoms with Gasteiger partial charge in [0.25, 0.3) is 0 Å². The zero-order valence-corrected chi connectivity index (χ0v) is 12.7. The SMILES string of the molecule is CC(CN(C)C(=O)C1(c2ccccc2)CCCC1)C(=O)O. The zero-order valence-electron chi connectivity index (χ0n) is 12.7. The predicted octanol–water partition coefficient (Wildman–Crippen LogP) is 2.68. The molecule has 0 heterocycles. The monoisotopic (exact) mass is 289 g/mol. The van der Waals surface area contributed by atoms with E-state index in [0.29, 0.717) is 0 Å². The number of hydrogen-bond acceptors (Lipinski definition) is 2. The molecule has 1 aliphatic rings. The van der Waals surface area contributed by atoms with Gasteiger partial charge >= 0.3 is 5.97 Å². The van der Waals surface area contributed by atoms with E-state index in [2.05, 4.69) is 0 Å². The Labute approximate surface area is 125 Å². The van der Waals surface area contributed by atoms with Gasteiger partial charge in [-0.15, -0.1) is 0 Å². The van der Waals surface area contributed by atoms with Crippen LogP contribution >= 0.6 is 0 Å². The molecule has 4 heteroatoms. The number of hydrogen-bond donors (Lipinski definition) is 1. The smallest absolute Gasteiger partial charge is 0.308 e. The highest BCUT2D eigenvalue weighted by atomic mass is 16.4. The quantitative estimate of drug-likeness (QED) is 0.906. The first kappa shape index (κ1) is 15.5. The van der Waals surface area contributed by atoms with Crippen LogP contribution in [-0.4, -0.2) is 35.5 Å². The standard InChI is InChI=1S/C17H23NO3/c1-13(15(19)20)12-18(2)16(21)17(10-6-7-11-17)14-8-4-3-5-9-14/h3-5,8-9,13H,6-7,10-12H2,1-2H3,(H,19,20). The first-order valence-corrected chi connectivity index (χ1v) is 7.51. The third-order valence-corrected chi connectivity index (χ3v) is 4.51. The molecule has 0 bridgehead atoms. The Balaban J connectivity index is 2.23. The van der Waals surface area contributed by atoms with Crippen molar-refractivity contribution in [1.82, 2.24) is 4.90 Å². The molecule has 0 radical (unpaired) electrons. The second kappa shape index (κ2) is 6.29. The summed E-state index contributed by atoms with van der Waals surface area (Å²) in [5.74, 6) is -1.36. The molecule has 1 unspecified atom stereocenters. The lowest BCUT2D eigenvalue weighted by Gasteiger charge is -2.33. The van der Waals surface area contributed by atoms with Crippen LogP contribution in [0.2, 0.25) is 0 Å². The average molecular weight is 289 g/mol. The van der Waals surface area contributed by atoms with Gasteiger partial charge in [0.2, 0.25) is 5.91 Å². The lowest BCUT2D eigenvalue weighted by Crippen LogP contribution is -2.45. The Morgan fingerprint density at radius 3 is 2.33 bits per heavy atom. The van der Waals surface area contributed by atoms with Crippen LogP contribution in [0.5, 0.6) is 0 Å². The Bertz CT molecular complexity index is 506. The van der Waals surface area contributed by atoms with Crippen molar-refractivity contribution in [3.63, 3.8) is 0 Å². The third-order valence-electron chi connectivity index (χ3n) is 4.51. The fraction of sp³-hybridized carbons (Fsp3) is 0.529. The van der Waals surface area contributed by atoms with E-state index in [4.69, 9.17) is 5.11 Å². The van der Waals surface area contributed by atoms with E-state index in [9.17, 15) is 9.59 Å². The lowest BCUT2D eigenvalue weighted by molar-refractivity contribution is -0.143. The number of likely N-dealkylation sites (N-methyl/N-ethyl adjacent to an activating group) is 1. The van der Waals surface area contributed by atoms with E-state index >= 15 is 0 Å². The number of amides is 1. The Morgan fingerprint density at radius 1 is 1.24 bits per heavy atom. The summed E-state index contributed by atoms with van der Waals surface area (Å²) in [6.07, 6.45) is 3.79. The molecular weight excluding hydrogens is 266 g/mol. The van der Waals surface area contributed by atoms with Crippen molar-refractivity contribution < 1.29 is 14.7 Å². The van der Waals surface area contributed by atoms with Crippen LogP contribution in [0, 0.1) is 5.92 Å². The summed E-state index contributed by atoms with van der Waals surface area (Å²) in [6.45, 7) is 1.89. The maximum atomic E-state index is 13.0. The molecule has 0 aliphatic heterocycles. The number of benzene rings is 1. The Kier molecular flexibility index (Phi) is 4.66. The number of carbonyl (C=O) groups excluding carboxylic acids is 1. The summed E-state index contributed by atoms with van der Waals surface area (Å²) in [7, 11) is 1.71. The van der Waals surface area contributed by atoms with E-state index < -0.39 is 17.3 Å². The summed E-state index contributed by atoms with van der Waals surface area (Å²) >= 11 is 0. The second-order valence-corrected chi connectivity index (χ2v) is 6.08. The number of nitrogens with zero attached hydrogens (tertiary/aromatic N) is 1. The Morgan fingerprint density at radius 2 is 1.81 bits per heavy atom. The molecule has 1 amide bonds. The maximum Gasteiger partial charge on any atom is 0.308 e. The molecule has 21 heavy (non-hydrogen) atoms. The predicted molar refractivity (Wildman–Crippen MR) is 81.0 cm³/mol. The fourth-order valence-corrected chi connectivity index (χ4v) is 3.30. The van der Waals surface area contributed by atoms with Crippen LogP contribution in [0.3, 0.4) is 0 Å². The van der Waals surface area contributed by atoms with Crippen molar-refractivity contribution in [2.24, 2.45) is 5.92 Å². The van der Waals surface area contributed by atoms with Crippen LogP contribution in [0.1, 0.15) is 38.2 Å². The summed E-state index contributed by atoms with van der Waals surface area (Å²) < 4.78 is 0. The normalized spacial score (nSPS) is 18.2. The van der Waals surface area contributed by atoms with Gasteiger partial charge in [0.05, 0.1) is 11.3 Å². The van der Waals surface area contributed by atoms with Crippen LogP contribution in [0.25, 0.3) is 0 Å². The maximum absolute atomic E-state index is 13.0. The summed E-state index contributed by atoms with van der Waals surface area (Å²) in [6, 6.07) is 9.90. The molecule has 1 aromatic carbocycles. The highest BCUT2D eigenvalue weighted by Crippen LogP contribution is 2.42. The van der Waals surface area contributed by atoms with E-state index in [1.165, 1.54) is 0 Å². The van der Waals surface area contributed by atoms with E-state index in [1.807, 2.05) is 30.3 Å². The third kappa shape index (κ3) is 3.09. The Hall–Kier alpha value is -1.84. The van der Waals surface area contributed by atoms with Gasteiger partial charge < -0.3 is 10.0 Å². The number of rotatable bonds is 5. The molecule has 1 aliphatic carbocycles. The first-order chi connectivity index (χ1) is 9.97. The van der Waals surface area contributed by atoms with Gasteiger partial charge in [-0.3, -0.25) is 9.59 Å². The van der Waals surface area contributed by atoms with Crippen molar-refractivity contribution in [3.8, 4) is 0 Å². The van der Waals surface area contributed by atoms with Gasteiger partial charge in [0, 0.05) is 13.6 Å². The van der Waals surface area contributed by atoms with E-state index in [1.54, 1.807) is 18.9 Å². The highest BCUT2D eigenvalue weighted by molar-refractivity contribution is 5.88. The fourth-order valence-electron chi connectivity index (χ4n) is 3.30. The summed E-state index contributed by atoms with van der Waals surface area (Å²) in [4.78, 5) is 25.5. The van der Waals surface area contributed by atoms with Gasteiger partial charge in [-0.2, -0.15) is 0 Å². The molecule has 2 rings (SSSR count). The minimum Gasteiger partial charge on any atom is -0.481 e. The van der Waals surface area contributed by atoms with Crippen LogP contribution in [0.4, 0.5) is 0 Å². The van der Waals surface area contributed by atoms with Gasteiger partial charge in [0.1, 0.15) is 0 Å². The topological polar surface area (TPSA) is 57.6 Å². The molecule has 1 N–H and O–H groups in total. The van der Waals surface area contributed by atoms with Crippen LogP contribution in [-0.2, 0) is 15.0 Å². The van der Waals surface area contributed by atoms with E-state index in [0.717, 1.165) is 31.2 Å². The molecule has 1 atom stereocenters. The summed E-state index contributed by atoms with van der Waals surface area (Å²) in [5, 5.41) is 9.02. The lowest BCUT2D eigenvalue weighted by atomic mass is 9.77. The molecular formula is C17H23NO3. The second-order valence-electron chi connectivity index (χ2n) is 6.08. The van der Waals surface area contributed by atoms with Crippen molar-refractivity contribution in [1.29, 1.82) is 0 Å². The molecule has 1 saturated carbocycles. The highest BCUT2D eigenvalue weighted by Gasteiger charge is 2.44. The molecule has 1 fully saturated rings. The minimum absolute atomic E-state index is 0.0549. The van der Waals surface area contributed by atoms with Crippen molar-refractivity contribution in [2.75, 3.05) is 13.6 Å². The van der Waals surface area contributed by atoms with Gasteiger partial charge in [0.15, 0.2) is 0 Å². The van der Waals surface area contributed by atoms with Gasteiger partial charge in [-0.05, 0) is 18.4 Å². The number of carboxylic acid groups (broad SMARTS) is 1. The largest absolute Gasteiger partial charge is 0.481 e. The zero-order chi connectivity index (χ0) is 15.5. The van der Waals surface area contributed by atoms with Crippen LogP contribution < -0.4 is 0 Å². The average Bonchev–Trinajstić information content (AvgIpc) is 2.97. The van der Waals surface area contributed by atoms with Crippen molar-refractivity contribution in [3.05, 3.63) is 35.9 Å². The molecule has 0 saturated heterocycles. The van der Waals surface area contributed by atoms with Crippen molar-refractivity contribution in [2.45, 2.75) is 38.0 Å². The van der Waals surface area contributed by atoms with Gasteiger partial charge in [-0.1, -0.05) is 50.1 Å². The van der Waals surface area contributed by atoms with E-state index in [-0.39, 0.29) is 12.5 Å². The minimum atomic E-state index is -0.866. The molecule has 0 spiro atoms. The van der Waals surface area contributed by atoms with Crippen LogP contribution in [0.15, 0.2) is 30.3 Å².